The maximum atomic E-state index is 12.7. The highest BCUT2D eigenvalue weighted by Gasteiger charge is 2.25. The fourth-order valence-electron chi connectivity index (χ4n) is 3.73. The molecule has 1 N–H and O–H groups in total. The van der Waals surface area contributed by atoms with Crippen LogP contribution in [0.1, 0.15) is 23.3 Å². The van der Waals surface area contributed by atoms with Crippen LogP contribution in [0.2, 0.25) is 5.02 Å². The predicted octanol–water partition coefficient (Wildman–Crippen LogP) is 4.20. The third-order valence-electron chi connectivity index (χ3n) is 5.43. The molecule has 7 heteroatoms. The lowest BCUT2D eigenvalue weighted by Gasteiger charge is -2.32. The third-order valence-corrected chi connectivity index (χ3v) is 5.74. The van der Waals surface area contributed by atoms with E-state index in [9.17, 15) is 9.59 Å². The molecule has 1 aliphatic rings. The number of aromatic nitrogens is 1. The number of ether oxygens (including phenoxy) is 1. The molecule has 1 aliphatic heterocycles. The van der Waals surface area contributed by atoms with Crippen molar-refractivity contribution in [1.82, 2.24) is 15.2 Å². The third kappa shape index (κ3) is 5.26. The second kappa shape index (κ2) is 10.3. The number of piperidine rings is 1. The van der Waals surface area contributed by atoms with E-state index in [0.717, 1.165) is 11.1 Å². The molecule has 0 radical (unpaired) electrons. The zero-order valence-electron chi connectivity index (χ0n) is 17.5. The van der Waals surface area contributed by atoms with Gasteiger partial charge in [-0.15, -0.1) is 0 Å². The molecule has 32 heavy (non-hydrogen) atoms. The minimum absolute atomic E-state index is 0.00971. The Morgan fingerprint density at radius 1 is 1.00 bits per heavy atom. The summed E-state index contributed by atoms with van der Waals surface area (Å²) in [5.41, 5.74) is 1.94. The standard InChI is InChI=1S/C25H24ClN3O3/c26-21-10-4-5-11-22(21)32-19-12-15-29(16-13-19)23(30)17-28-25(31)24-20(9-6-14-27-24)18-7-2-1-3-8-18/h1-11,14,19H,12-13,15-17H2,(H,28,31). The number of likely N-dealkylation sites (tertiary alicyclic amines) is 1. The molecule has 2 aromatic carbocycles. The van der Waals surface area contributed by atoms with Gasteiger partial charge in [-0.05, 0) is 23.8 Å². The Hall–Kier alpha value is -3.38. The molecule has 0 atom stereocenters. The van der Waals surface area contributed by atoms with Gasteiger partial charge in [0.1, 0.15) is 17.5 Å². The van der Waals surface area contributed by atoms with Crippen molar-refractivity contribution >= 4 is 23.4 Å². The number of halogens is 1. The van der Waals surface area contributed by atoms with E-state index >= 15 is 0 Å². The monoisotopic (exact) mass is 449 g/mol. The Morgan fingerprint density at radius 3 is 2.47 bits per heavy atom. The van der Waals surface area contributed by atoms with Crippen molar-refractivity contribution in [2.75, 3.05) is 19.6 Å². The smallest absolute Gasteiger partial charge is 0.270 e. The molecule has 1 fully saturated rings. The minimum atomic E-state index is -0.366. The molecule has 0 bridgehead atoms. The van der Waals surface area contributed by atoms with Crippen LogP contribution in [0.15, 0.2) is 72.9 Å². The summed E-state index contributed by atoms with van der Waals surface area (Å²) in [6.45, 7) is 1.07. The first kappa shape index (κ1) is 21.8. The molecule has 2 heterocycles. The van der Waals surface area contributed by atoms with Crippen molar-refractivity contribution in [3.05, 3.63) is 83.6 Å². The van der Waals surface area contributed by atoms with Gasteiger partial charge in [-0.1, -0.05) is 60.1 Å². The van der Waals surface area contributed by atoms with Crippen LogP contribution >= 0.6 is 11.6 Å². The van der Waals surface area contributed by atoms with E-state index in [-0.39, 0.29) is 24.5 Å². The number of amides is 2. The molecule has 0 spiro atoms. The lowest BCUT2D eigenvalue weighted by atomic mass is 10.0. The van der Waals surface area contributed by atoms with Crippen molar-refractivity contribution in [1.29, 1.82) is 0 Å². The molecule has 3 aromatic rings. The Kier molecular flexibility index (Phi) is 7.02. The van der Waals surface area contributed by atoms with Crippen molar-refractivity contribution in [3.63, 3.8) is 0 Å². The zero-order chi connectivity index (χ0) is 22.3. The molecule has 2 amide bonds. The summed E-state index contributed by atoms with van der Waals surface area (Å²) in [6, 6.07) is 20.6. The van der Waals surface area contributed by atoms with Crippen LogP contribution in [0.4, 0.5) is 0 Å². The van der Waals surface area contributed by atoms with E-state index in [1.807, 2.05) is 54.6 Å². The predicted molar refractivity (Wildman–Crippen MR) is 124 cm³/mol. The van der Waals surface area contributed by atoms with Crippen LogP contribution in [-0.4, -0.2) is 47.4 Å². The maximum Gasteiger partial charge on any atom is 0.270 e. The fraction of sp³-hybridized carbons (Fsp3) is 0.240. The van der Waals surface area contributed by atoms with Crippen LogP contribution in [0.3, 0.4) is 0 Å². The fourth-order valence-corrected chi connectivity index (χ4v) is 3.91. The second-order valence-corrected chi connectivity index (χ2v) is 7.98. The molecule has 164 valence electrons. The second-order valence-electron chi connectivity index (χ2n) is 7.58. The summed E-state index contributed by atoms with van der Waals surface area (Å²) >= 11 is 6.16. The van der Waals surface area contributed by atoms with Gasteiger partial charge in [0.2, 0.25) is 5.91 Å². The van der Waals surface area contributed by atoms with Crippen LogP contribution in [0.5, 0.6) is 5.75 Å². The molecule has 1 aromatic heterocycles. The molecule has 0 unspecified atom stereocenters. The molecule has 0 saturated carbocycles. The number of nitrogens with zero attached hydrogens (tertiary/aromatic N) is 2. The van der Waals surface area contributed by atoms with Gasteiger partial charge in [-0.3, -0.25) is 14.6 Å². The Labute approximate surface area is 192 Å². The quantitative estimate of drug-likeness (QED) is 0.612. The van der Waals surface area contributed by atoms with Crippen molar-refractivity contribution in [3.8, 4) is 16.9 Å². The highest BCUT2D eigenvalue weighted by Crippen LogP contribution is 2.27. The van der Waals surface area contributed by atoms with E-state index in [0.29, 0.717) is 42.4 Å². The molecule has 1 saturated heterocycles. The van der Waals surface area contributed by atoms with Gasteiger partial charge in [0.15, 0.2) is 0 Å². The number of hydrogen-bond acceptors (Lipinski definition) is 4. The number of carbonyl (C=O) groups excluding carboxylic acids is 2. The van der Waals surface area contributed by atoms with Gasteiger partial charge >= 0.3 is 0 Å². The van der Waals surface area contributed by atoms with Crippen LogP contribution < -0.4 is 10.1 Å². The van der Waals surface area contributed by atoms with E-state index < -0.39 is 0 Å². The summed E-state index contributed by atoms with van der Waals surface area (Å²) < 4.78 is 5.98. The zero-order valence-corrected chi connectivity index (χ0v) is 18.3. The van der Waals surface area contributed by atoms with Crippen molar-refractivity contribution < 1.29 is 14.3 Å². The summed E-state index contributed by atoms with van der Waals surface area (Å²) in [7, 11) is 0. The van der Waals surface area contributed by atoms with Gasteiger partial charge in [0, 0.05) is 37.7 Å². The highest BCUT2D eigenvalue weighted by molar-refractivity contribution is 6.32. The SMILES string of the molecule is O=C(NCC(=O)N1CCC(Oc2ccccc2Cl)CC1)c1ncccc1-c1ccccc1. The van der Waals surface area contributed by atoms with Crippen molar-refractivity contribution in [2.45, 2.75) is 18.9 Å². The van der Waals surface area contributed by atoms with Gasteiger partial charge < -0.3 is 15.0 Å². The lowest BCUT2D eigenvalue weighted by Crippen LogP contribution is -2.46. The Morgan fingerprint density at radius 2 is 1.72 bits per heavy atom. The highest BCUT2D eigenvalue weighted by atomic mass is 35.5. The summed E-state index contributed by atoms with van der Waals surface area (Å²) in [5.74, 6) is 0.178. The molecule has 4 rings (SSSR count). The van der Waals surface area contributed by atoms with E-state index in [4.69, 9.17) is 16.3 Å². The van der Waals surface area contributed by atoms with E-state index in [1.165, 1.54) is 0 Å². The lowest BCUT2D eigenvalue weighted by molar-refractivity contribution is -0.131. The molecule has 6 nitrogen and oxygen atoms in total. The van der Waals surface area contributed by atoms with Gasteiger partial charge in [0.25, 0.3) is 5.91 Å². The van der Waals surface area contributed by atoms with Crippen molar-refractivity contribution in [2.24, 2.45) is 0 Å². The number of benzene rings is 2. The number of pyridine rings is 1. The largest absolute Gasteiger partial charge is 0.489 e. The van der Waals surface area contributed by atoms with Crippen LogP contribution in [-0.2, 0) is 4.79 Å². The van der Waals surface area contributed by atoms with Gasteiger partial charge in [-0.2, -0.15) is 0 Å². The minimum Gasteiger partial charge on any atom is -0.489 e. The normalized spacial score (nSPS) is 14.1. The number of rotatable bonds is 6. The molecule has 0 aliphatic carbocycles. The summed E-state index contributed by atoms with van der Waals surface area (Å²) in [4.78, 5) is 31.4. The number of nitrogens with one attached hydrogen (secondary N) is 1. The van der Waals surface area contributed by atoms with E-state index in [1.54, 1.807) is 23.2 Å². The number of para-hydroxylation sites is 1. The van der Waals surface area contributed by atoms with Crippen LogP contribution in [0.25, 0.3) is 11.1 Å². The first-order chi connectivity index (χ1) is 15.6. The first-order valence-electron chi connectivity index (χ1n) is 10.6. The number of carbonyl (C=O) groups is 2. The summed E-state index contributed by atoms with van der Waals surface area (Å²) in [5, 5.41) is 3.30. The first-order valence-corrected chi connectivity index (χ1v) is 11.0. The summed E-state index contributed by atoms with van der Waals surface area (Å²) in [6.07, 6.45) is 3.01. The molecular formula is C25H24ClN3O3. The average molecular weight is 450 g/mol. The molecular weight excluding hydrogens is 426 g/mol. The average Bonchev–Trinajstić information content (AvgIpc) is 2.85. The van der Waals surface area contributed by atoms with E-state index in [2.05, 4.69) is 10.3 Å². The Balaban J connectivity index is 1.30. The van der Waals surface area contributed by atoms with Crippen LogP contribution in [0, 0.1) is 0 Å². The van der Waals surface area contributed by atoms with Gasteiger partial charge in [-0.25, -0.2) is 0 Å². The maximum absolute atomic E-state index is 12.7. The topological polar surface area (TPSA) is 71.5 Å². The van der Waals surface area contributed by atoms with Gasteiger partial charge in [0.05, 0.1) is 11.6 Å². The number of hydrogen-bond donors (Lipinski definition) is 1. The Bertz CT molecular complexity index is 1080.